The lowest BCUT2D eigenvalue weighted by molar-refractivity contribution is -0.113. The molecule has 0 atom stereocenters. The lowest BCUT2D eigenvalue weighted by Gasteiger charge is -2.09. The van der Waals surface area contributed by atoms with Gasteiger partial charge in [0.25, 0.3) is 0 Å². The van der Waals surface area contributed by atoms with Gasteiger partial charge in [-0.25, -0.2) is 0 Å². The maximum atomic E-state index is 12.5. The van der Waals surface area contributed by atoms with Crippen LogP contribution in [0.3, 0.4) is 0 Å². The van der Waals surface area contributed by atoms with E-state index in [-0.39, 0.29) is 17.4 Å². The first-order valence-corrected chi connectivity index (χ1v) is 11.2. The second kappa shape index (κ2) is 10.5. The van der Waals surface area contributed by atoms with Gasteiger partial charge in [0, 0.05) is 12.2 Å². The largest absolute Gasteiger partial charge is 0.507 e. The monoisotopic (exact) mass is 458 g/mol. The van der Waals surface area contributed by atoms with Crippen molar-refractivity contribution in [2.75, 3.05) is 11.1 Å². The van der Waals surface area contributed by atoms with Crippen LogP contribution in [0.4, 0.5) is 5.69 Å². The molecule has 2 N–H and O–H groups in total. The maximum absolute atomic E-state index is 12.5. The summed E-state index contributed by atoms with van der Waals surface area (Å²) in [4.78, 5) is 12.5. The highest BCUT2D eigenvalue weighted by Crippen LogP contribution is 2.30. The summed E-state index contributed by atoms with van der Waals surface area (Å²) in [7, 11) is 0. The van der Waals surface area contributed by atoms with Crippen molar-refractivity contribution >= 4 is 23.4 Å². The van der Waals surface area contributed by atoms with Gasteiger partial charge in [-0.05, 0) is 48.5 Å². The number of nitrogens with zero attached hydrogens (tertiary/aromatic N) is 3. The van der Waals surface area contributed by atoms with Crippen LogP contribution in [0.5, 0.6) is 17.2 Å². The summed E-state index contributed by atoms with van der Waals surface area (Å²) in [6.07, 6.45) is 1.72. The highest BCUT2D eigenvalue weighted by Gasteiger charge is 2.17. The number of rotatable bonds is 9. The van der Waals surface area contributed by atoms with Gasteiger partial charge in [0.15, 0.2) is 11.0 Å². The number of hydrogen-bond acceptors (Lipinski definition) is 6. The van der Waals surface area contributed by atoms with E-state index in [0.29, 0.717) is 34.5 Å². The average molecular weight is 459 g/mol. The molecule has 0 bridgehead atoms. The van der Waals surface area contributed by atoms with Gasteiger partial charge in [-0.15, -0.1) is 16.8 Å². The molecule has 4 rings (SSSR count). The second-order valence-corrected chi connectivity index (χ2v) is 7.94. The van der Waals surface area contributed by atoms with E-state index in [2.05, 4.69) is 22.1 Å². The molecule has 33 heavy (non-hydrogen) atoms. The highest BCUT2D eigenvalue weighted by atomic mass is 32.2. The number of phenols is 1. The summed E-state index contributed by atoms with van der Waals surface area (Å²) in [6, 6.07) is 23.6. The highest BCUT2D eigenvalue weighted by molar-refractivity contribution is 7.99. The molecule has 1 heterocycles. The Bertz CT molecular complexity index is 1240. The number of para-hydroxylation sites is 2. The Morgan fingerprint density at radius 1 is 1.00 bits per heavy atom. The van der Waals surface area contributed by atoms with Crippen LogP contribution >= 0.6 is 11.8 Å². The lowest BCUT2D eigenvalue weighted by Crippen LogP contribution is -2.14. The van der Waals surface area contributed by atoms with Crippen LogP contribution in [-0.4, -0.2) is 31.5 Å². The predicted octanol–water partition coefficient (Wildman–Crippen LogP) is 5.36. The van der Waals surface area contributed by atoms with E-state index in [1.165, 1.54) is 11.8 Å². The summed E-state index contributed by atoms with van der Waals surface area (Å²) in [5.74, 6) is 2.04. The van der Waals surface area contributed by atoms with Crippen LogP contribution in [0.25, 0.3) is 11.4 Å². The van der Waals surface area contributed by atoms with E-state index in [9.17, 15) is 9.90 Å². The first-order valence-electron chi connectivity index (χ1n) is 10.2. The summed E-state index contributed by atoms with van der Waals surface area (Å²) >= 11 is 1.26. The summed E-state index contributed by atoms with van der Waals surface area (Å²) in [5.41, 5.74) is 1.24. The minimum Gasteiger partial charge on any atom is -0.507 e. The number of allylic oxidation sites excluding steroid dienone is 1. The van der Waals surface area contributed by atoms with Crippen molar-refractivity contribution in [2.24, 2.45) is 0 Å². The second-order valence-electron chi connectivity index (χ2n) is 7.00. The first-order chi connectivity index (χ1) is 16.1. The molecule has 0 saturated heterocycles. The van der Waals surface area contributed by atoms with E-state index < -0.39 is 0 Å². The van der Waals surface area contributed by atoms with Gasteiger partial charge in [-0.3, -0.25) is 9.36 Å². The normalized spacial score (nSPS) is 10.5. The molecular weight excluding hydrogens is 436 g/mol. The number of aromatic nitrogens is 3. The third-order valence-corrected chi connectivity index (χ3v) is 5.59. The van der Waals surface area contributed by atoms with Crippen LogP contribution in [0, 0.1) is 0 Å². The Morgan fingerprint density at radius 2 is 1.70 bits per heavy atom. The number of thioether (sulfide) groups is 1. The van der Waals surface area contributed by atoms with E-state index in [1.54, 1.807) is 48.5 Å². The number of aromatic hydroxyl groups is 1. The number of carbonyl (C=O) groups is 1. The molecule has 166 valence electrons. The minimum absolute atomic E-state index is 0.115. The number of hydrogen-bond donors (Lipinski definition) is 2. The molecule has 4 aromatic rings. The fourth-order valence-corrected chi connectivity index (χ4v) is 3.86. The molecular formula is C25H22N4O3S. The van der Waals surface area contributed by atoms with Crippen LogP contribution in [0.15, 0.2) is 96.7 Å². The van der Waals surface area contributed by atoms with Crippen molar-refractivity contribution in [3.05, 3.63) is 91.5 Å². The molecule has 0 saturated carbocycles. The van der Waals surface area contributed by atoms with Crippen LogP contribution in [0.1, 0.15) is 0 Å². The molecule has 0 radical (unpaired) electrons. The van der Waals surface area contributed by atoms with Crippen molar-refractivity contribution in [1.82, 2.24) is 14.8 Å². The SMILES string of the molecule is C=CCn1c(SCC(=O)Nc2ccc(Oc3ccccc3)cc2)nnc1-c1ccccc1O. The number of anilines is 1. The van der Waals surface area contributed by atoms with Gasteiger partial charge in [0.05, 0.1) is 11.3 Å². The summed E-state index contributed by atoms with van der Waals surface area (Å²) < 4.78 is 7.58. The van der Waals surface area contributed by atoms with Gasteiger partial charge in [0.1, 0.15) is 17.2 Å². The van der Waals surface area contributed by atoms with Gasteiger partial charge >= 0.3 is 0 Å². The Morgan fingerprint density at radius 3 is 2.42 bits per heavy atom. The summed E-state index contributed by atoms with van der Waals surface area (Å²) in [6.45, 7) is 4.23. The molecule has 0 unspecified atom stereocenters. The zero-order valence-electron chi connectivity index (χ0n) is 17.7. The number of ether oxygens (including phenoxy) is 1. The van der Waals surface area contributed by atoms with Gasteiger partial charge < -0.3 is 15.2 Å². The van der Waals surface area contributed by atoms with E-state index >= 15 is 0 Å². The van der Waals surface area contributed by atoms with Crippen molar-refractivity contribution < 1.29 is 14.6 Å². The smallest absolute Gasteiger partial charge is 0.234 e. The predicted molar refractivity (Wildman–Crippen MR) is 130 cm³/mol. The molecule has 0 aliphatic heterocycles. The standard InChI is InChI=1S/C25H22N4O3S/c1-2-16-29-24(21-10-6-7-11-22(21)30)27-28-25(29)33-17-23(31)26-18-12-14-20(15-13-18)32-19-8-4-3-5-9-19/h2-15,30H,1,16-17H2,(H,26,31). The fraction of sp³-hybridized carbons (Fsp3) is 0.0800. The van der Waals surface area contributed by atoms with E-state index in [4.69, 9.17) is 4.74 Å². The molecule has 8 heteroatoms. The van der Waals surface area contributed by atoms with Crippen molar-refractivity contribution in [3.63, 3.8) is 0 Å². The molecule has 3 aromatic carbocycles. The number of nitrogens with one attached hydrogen (secondary N) is 1. The number of carbonyl (C=O) groups excluding carboxylic acids is 1. The van der Waals surface area contributed by atoms with E-state index in [0.717, 1.165) is 5.75 Å². The van der Waals surface area contributed by atoms with Crippen LogP contribution < -0.4 is 10.1 Å². The molecule has 1 aromatic heterocycles. The van der Waals surface area contributed by atoms with Crippen molar-refractivity contribution in [3.8, 4) is 28.6 Å². The van der Waals surface area contributed by atoms with Crippen molar-refractivity contribution in [1.29, 1.82) is 0 Å². The minimum atomic E-state index is -0.172. The summed E-state index contributed by atoms with van der Waals surface area (Å²) in [5, 5.41) is 22.0. The third kappa shape index (κ3) is 5.61. The maximum Gasteiger partial charge on any atom is 0.234 e. The van der Waals surface area contributed by atoms with Gasteiger partial charge in [0.2, 0.25) is 5.91 Å². The Hall–Kier alpha value is -4.04. The number of phenolic OH excluding ortho intramolecular Hbond substituents is 1. The molecule has 0 fully saturated rings. The zero-order chi connectivity index (χ0) is 23.0. The lowest BCUT2D eigenvalue weighted by atomic mass is 10.2. The topological polar surface area (TPSA) is 89.3 Å². The van der Waals surface area contributed by atoms with Crippen LogP contribution in [0.2, 0.25) is 0 Å². The fourth-order valence-electron chi connectivity index (χ4n) is 3.11. The zero-order valence-corrected chi connectivity index (χ0v) is 18.5. The van der Waals surface area contributed by atoms with Gasteiger partial charge in [-0.2, -0.15) is 0 Å². The molecule has 1 amide bonds. The van der Waals surface area contributed by atoms with Crippen LogP contribution in [-0.2, 0) is 11.3 Å². The Labute approximate surface area is 195 Å². The first kappa shape index (κ1) is 22.2. The van der Waals surface area contributed by atoms with E-state index in [1.807, 2.05) is 41.0 Å². The Kier molecular flexibility index (Phi) is 7.06. The Balaban J connectivity index is 1.38. The number of amides is 1. The molecule has 0 aliphatic carbocycles. The quantitative estimate of drug-likeness (QED) is 0.259. The third-order valence-electron chi connectivity index (χ3n) is 4.62. The van der Waals surface area contributed by atoms with Crippen molar-refractivity contribution in [2.45, 2.75) is 11.7 Å². The average Bonchev–Trinajstić information content (AvgIpc) is 3.22. The number of benzene rings is 3. The van der Waals surface area contributed by atoms with Gasteiger partial charge in [-0.1, -0.05) is 48.2 Å². The molecule has 0 aliphatic rings. The molecule has 0 spiro atoms. The molecule has 7 nitrogen and oxygen atoms in total.